The summed E-state index contributed by atoms with van der Waals surface area (Å²) < 4.78 is 54.1. The largest absolute Gasteiger partial charge is 0.501 e. The molecule has 0 aliphatic heterocycles. The zero-order chi connectivity index (χ0) is 31.8. The summed E-state index contributed by atoms with van der Waals surface area (Å²) in [6.45, 7) is 5.59. The van der Waals surface area contributed by atoms with Crippen LogP contribution in [0.15, 0.2) is 87.5 Å². The van der Waals surface area contributed by atoms with Crippen LogP contribution in [-0.4, -0.2) is 40.2 Å². The van der Waals surface area contributed by atoms with Crippen LogP contribution >= 0.6 is 7.60 Å². The van der Waals surface area contributed by atoms with E-state index in [1.54, 1.807) is 62.4 Å². The van der Waals surface area contributed by atoms with Crippen LogP contribution in [0.2, 0.25) is 0 Å². The van der Waals surface area contributed by atoms with Crippen LogP contribution in [0.5, 0.6) is 17.4 Å². The molecule has 3 aromatic heterocycles. The van der Waals surface area contributed by atoms with Crippen molar-refractivity contribution in [3.05, 3.63) is 101 Å². The SMILES string of the molecule is CCOP(=O)(OCC)/C(O)=C/c1cn(-c2ccccc2)nc1OCc1ccc(OCc2nc(-c3ccco3)oc2C)c(OC)c1. The number of aromatic nitrogens is 3. The lowest BCUT2D eigenvalue weighted by Crippen LogP contribution is -2.02. The van der Waals surface area contributed by atoms with E-state index in [1.807, 2.05) is 43.3 Å². The number of rotatable bonds is 15. The molecule has 13 heteroatoms. The van der Waals surface area contributed by atoms with Crippen LogP contribution < -0.4 is 14.2 Å². The number of aliphatic hydroxyl groups excluding tert-OH is 1. The maximum atomic E-state index is 13.1. The van der Waals surface area contributed by atoms with E-state index < -0.39 is 13.1 Å². The number of nitrogens with zero attached hydrogens (tertiary/aromatic N) is 3. The summed E-state index contributed by atoms with van der Waals surface area (Å²) >= 11 is 0. The van der Waals surface area contributed by atoms with Crippen LogP contribution in [0, 0.1) is 6.92 Å². The van der Waals surface area contributed by atoms with Gasteiger partial charge in [-0.3, -0.25) is 4.57 Å². The Hall–Kier alpha value is -4.77. The van der Waals surface area contributed by atoms with Gasteiger partial charge in [0.25, 0.3) is 5.89 Å². The third-order valence-electron chi connectivity index (χ3n) is 6.48. The van der Waals surface area contributed by atoms with Gasteiger partial charge < -0.3 is 37.2 Å². The molecule has 0 saturated carbocycles. The maximum absolute atomic E-state index is 13.1. The van der Waals surface area contributed by atoms with Gasteiger partial charge in [-0.05, 0) is 62.7 Å². The number of furan rings is 1. The summed E-state index contributed by atoms with van der Waals surface area (Å²) in [5.74, 6) is 2.73. The van der Waals surface area contributed by atoms with E-state index in [4.69, 9.17) is 32.1 Å². The van der Waals surface area contributed by atoms with Gasteiger partial charge in [-0.15, -0.1) is 5.10 Å². The third-order valence-corrected chi connectivity index (χ3v) is 8.37. The van der Waals surface area contributed by atoms with Crippen LogP contribution in [0.3, 0.4) is 0 Å². The summed E-state index contributed by atoms with van der Waals surface area (Å²) in [4.78, 5) is 4.48. The van der Waals surface area contributed by atoms with Crippen molar-refractivity contribution in [1.82, 2.24) is 14.8 Å². The molecule has 0 fully saturated rings. The van der Waals surface area contributed by atoms with Crippen molar-refractivity contribution in [2.75, 3.05) is 20.3 Å². The Morgan fingerprint density at radius 2 is 1.78 bits per heavy atom. The minimum Gasteiger partial charge on any atom is -0.501 e. The molecule has 0 radical (unpaired) electrons. The van der Waals surface area contributed by atoms with Crippen molar-refractivity contribution in [3.8, 4) is 34.7 Å². The fourth-order valence-electron chi connectivity index (χ4n) is 4.31. The Morgan fingerprint density at radius 1 is 1.00 bits per heavy atom. The second-order valence-electron chi connectivity index (χ2n) is 9.57. The topological polar surface area (TPSA) is 140 Å². The predicted molar refractivity (Wildman–Crippen MR) is 166 cm³/mol. The number of aliphatic hydroxyl groups is 1. The molecule has 2 aromatic carbocycles. The zero-order valence-corrected chi connectivity index (χ0v) is 26.2. The highest BCUT2D eigenvalue weighted by molar-refractivity contribution is 7.58. The van der Waals surface area contributed by atoms with E-state index in [0.717, 1.165) is 11.3 Å². The average Bonchev–Trinajstić information content (AvgIpc) is 3.80. The van der Waals surface area contributed by atoms with Crippen molar-refractivity contribution in [2.45, 2.75) is 34.0 Å². The summed E-state index contributed by atoms with van der Waals surface area (Å²) in [6.07, 6.45) is 4.50. The lowest BCUT2D eigenvalue weighted by Gasteiger charge is -2.15. The van der Waals surface area contributed by atoms with Gasteiger partial charge in [0, 0.05) is 12.3 Å². The quantitative estimate of drug-likeness (QED) is 0.0893. The fraction of sp³-hybridized carbons (Fsp3) is 0.250. The zero-order valence-electron chi connectivity index (χ0n) is 25.3. The third kappa shape index (κ3) is 7.49. The molecule has 0 atom stereocenters. The number of ether oxygens (including phenoxy) is 3. The minimum atomic E-state index is -3.92. The molecule has 0 unspecified atom stereocenters. The fourth-order valence-corrected chi connectivity index (χ4v) is 5.63. The lowest BCUT2D eigenvalue weighted by molar-refractivity contribution is 0.212. The van der Waals surface area contributed by atoms with E-state index in [-0.39, 0.29) is 32.3 Å². The van der Waals surface area contributed by atoms with Crippen LogP contribution in [-0.2, 0) is 26.8 Å². The van der Waals surface area contributed by atoms with Crippen molar-refractivity contribution in [3.63, 3.8) is 0 Å². The number of hydrogen-bond acceptors (Lipinski definition) is 11. The molecular formula is C32H34N3O9P. The standard InChI is InChI=1S/C32H34N3O9P/c1-5-42-45(37,43-6-2)30(36)18-24-19-35(25-11-8-7-9-12-25)34-31(24)41-20-23-14-15-27(29(17-23)38-4)40-21-26-22(3)44-32(33-26)28-13-10-16-39-28/h7-19,36H,5-6,20-21H2,1-4H3/b30-18+. The van der Waals surface area contributed by atoms with Crippen LogP contribution in [0.1, 0.15) is 36.4 Å². The second-order valence-corrected chi connectivity index (χ2v) is 11.5. The Balaban J connectivity index is 1.34. The molecule has 12 nitrogen and oxygen atoms in total. The highest BCUT2D eigenvalue weighted by Crippen LogP contribution is 2.55. The maximum Gasteiger partial charge on any atom is 0.395 e. The Morgan fingerprint density at radius 3 is 2.47 bits per heavy atom. The molecule has 0 amide bonds. The van der Waals surface area contributed by atoms with Gasteiger partial charge in [0.1, 0.15) is 24.7 Å². The van der Waals surface area contributed by atoms with Gasteiger partial charge >= 0.3 is 7.60 Å². The van der Waals surface area contributed by atoms with Crippen molar-refractivity contribution < 1.29 is 41.8 Å². The number of benzene rings is 2. The van der Waals surface area contributed by atoms with Gasteiger partial charge in [-0.1, -0.05) is 24.3 Å². The van der Waals surface area contributed by atoms with Crippen molar-refractivity contribution >= 4 is 13.7 Å². The molecule has 5 rings (SSSR count). The molecule has 1 N–H and O–H groups in total. The number of methoxy groups -OCH3 is 1. The van der Waals surface area contributed by atoms with Crippen molar-refractivity contribution in [2.24, 2.45) is 0 Å². The van der Waals surface area contributed by atoms with Gasteiger partial charge in [-0.25, -0.2) is 9.67 Å². The van der Waals surface area contributed by atoms with Gasteiger partial charge in [-0.2, -0.15) is 0 Å². The first-order valence-corrected chi connectivity index (χ1v) is 15.8. The smallest absolute Gasteiger partial charge is 0.395 e. The summed E-state index contributed by atoms with van der Waals surface area (Å²) in [6, 6.07) is 18.3. The summed E-state index contributed by atoms with van der Waals surface area (Å²) in [5, 5.41) is 15.3. The molecule has 0 bridgehead atoms. The Bertz CT molecular complexity index is 1770. The van der Waals surface area contributed by atoms with E-state index in [2.05, 4.69) is 10.1 Å². The molecule has 236 valence electrons. The molecule has 0 spiro atoms. The monoisotopic (exact) mass is 635 g/mol. The summed E-state index contributed by atoms with van der Waals surface area (Å²) in [5.41, 5.74) is 1.98. The van der Waals surface area contributed by atoms with Crippen molar-refractivity contribution in [1.29, 1.82) is 0 Å². The van der Waals surface area contributed by atoms with Gasteiger partial charge in [0.05, 0.1) is 37.8 Å². The van der Waals surface area contributed by atoms with Gasteiger partial charge in [0.2, 0.25) is 11.4 Å². The van der Waals surface area contributed by atoms with Gasteiger partial charge in [0.15, 0.2) is 17.3 Å². The normalized spacial score (nSPS) is 12.0. The lowest BCUT2D eigenvalue weighted by atomic mass is 10.2. The Kier molecular flexibility index (Phi) is 10.1. The van der Waals surface area contributed by atoms with Crippen LogP contribution in [0.4, 0.5) is 0 Å². The van der Waals surface area contributed by atoms with E-state index in [9.17, 15) is 9.67 Å². The molecule has 0 aliphatic rings. The number of hydrogen-bond donors (Lipinski definition) is 1. The number of aryl methyl sites for hydroxylation is 1. The first kappa shape index (κ1) is 31.6. The molecule has 5 aromatic rings. The van der Waals surface area contributed by atoms with E-state index in [1.165, 1.54) is 6.08 Å². The summed E-state index contributed by atoms with van der Waals surface area (Å²) in [7, 11) is -2.37. The molecule has 0 saturated heterocycles. The first-order chi connectivity index (χ1) is 21.8. The number of para-hydroxylation sites is 1. The average molecular weight is 636 g/mol. The molecule has 45 heavy (non-hydrogen) atoms. The highest BCUT2D eigenvalue weighted by Gasteiger charge is 2.30. The molecule has 0 aliphatic carbocycles. The Labute approximate surface area is 260 Å². The van der Waals surface area contributed by atoms with Crippen LogP contribution in [0.25, 0.3) is 23.4 Å². The minimum absolute atomic E-state index is 0.0908. The molecular weight excluding hydrogens is 601 g/mol. The molecule has 3 heterocycles. The van der Waals surface area contributed by atoms with E-state index in [0.29, 0.717) is 40.2 Å². The second kappa shape index (κ2) is 14.3. The highest BCUT2D eigenvalue weighted by atomic mass is 31.2. The number of oxazole rings is 1. The first-order valence-electron chi connectivity index (χ1n) is 14.2. The van der Waals surface area contributed by atoms with E-state index >= 15 is 0 Å². The predicted octanol–water partition coefficient (Wildman–Crippen LogP) is 7.72.